The van der Waals surface area contributed by atoms with Crippen LogP contribution in [0.2, 0.25) is 0 Å². The van der Waals surface area contributed by atoms with Gasteiger partial charge in [0, 0.05) is 37.5 Å². The van der Waals surface area contributed by atoms with Crippen LogP contribution >= 0.6 is 11.3 Å². The van der Waals surface area contributed by atoms with Gasteiger partial charge in [-0.2, -0.15) is 0 Å². The third-order valence-electron chi connectivity index (χ3n) is 6.23. The van der Waals surface area contributed by atoms with Crippen LogP contribution in [0.1, 0.15) is 56.5 Å². The third-order valence-corrected chi connectivity index (χ3v) is 7.23. The van der Waals surface area contributed by atoms with E-state index in [0.29, 0.717) is 40.7 Å². The minimum atomic E-state index is -0.328. The van der Waals surface area contributed by atoms with Crippen LogP contribution in [0.25, 0.3) is 0 Å². The second kappa shape index (κ2) is 9.38. The first kappa shape index (κ1) is 22.9. The molecule has 3 heterocycles. The summed E-state index contributed by atoms with van der Waals surface area (Å²) in [4.78, 5) is 52.8. The van der Waals surface area contributed by atoms with E-state index >= 15 is 0 Å². The van der Waals surface area contributed by atoms with Gasteiger partial charge in [-0.15, -0.1) is 10.2 Å². The maximum absolute atomic E-state index is 12.6. The normalized spacial score (nSPS) is 17.3. The van der Waals surface area contributed by atoms with Gasteiger partial charge in [-0.05, 0) is 37.1 Å². The van der Waals surface area contributed by atoms with Crippen molar-refractivity contribution in [2.45, 2.75) is 32.1 Å². The highest BCUT2D eigenvalue weighted by Crippen LogP contribution is 2.35. The Hall–Kier alpha value is -3.92. The summed E-state index contributed by atoms with van der Waals surface area (Å²) >= 11 is 1.26. The molecule has 0 bridgehead atoms. The van der Waals surface area contributed by atoms with E-state index in [2.05, 4.69) is 15.5 Å². The summed E-state index contributed by atoms with van der Waals surface area (Å²) in [7, 11) is 0. The molecule has 0 spiro atoms. The molecule has 0 saturated carbocycles. The Morgan fingerprint density at radius 1 is 1.03 bits per heavy atom. The van der Waals surface area contributed by atoms with Crippen LogP contribution in [0, 0.1) is 6.92 Å². The standard InChI is InChI=1S/C25H23N5O4S/c1-15-7-2-5-10-19(15)30-14-16(13-21(30)32)22-27-28-25(35-22)26-20(31)11-6-12-29-23(33)17-8-3-4-9-18(17)24(29)34/h2-5,7-10,16H,6,11-14H2,1H3,(H,26,28,31). The number of nitrogens with one attached hydrogen (secondary N) is 1. The van der Waals surface area contributed by atoms with Crippen molar-refractivity contribution in [3.63, 3.8) is 0 Å². The van der Waals surface area contributed by atoms with Gasteiger partial charge in [0.15, 0.2) is 0 Å². The molecule has 5 rings (SSSR count). The summed E-state index contributed by atoms with van der Waals surface area (Å²) in [5.74, 6) is -0.970. The van der Waals surface area contributed by atoms with E-state index in [9.17, 15) is 19.2 Å². The van der Waals surface area contributed by atoms with Gasteiger partial charge in [-0.25, -0.2) is 0 Å². The predicted octanol–water partition coefficient (Wildman–Crippen LogP) is 3.38. The van der Waals surface area contributed by atoms with Crippen molar-refractivity contribution in [1.82, 2.24) is 15.1 Å². The second-order valence-corrected chi connectivity index (χ2v) is 9.61. The van der Waals surface area contributed by atoms with Crippen molar-refractivity contribution in [3.05, 3.63) is 70.2 Å². The SMILES string of the molecule is Cc1ccccc1N1CC(c2nnc(NC(=O)CCCN3C(=O)c4ccccc4C3=O)s2)CC1=O. The fraction of sp³-hybridized carbons (Fsp3) is 0.280. The molecule has 4 amide bonds. The number of hydrogen-bond donors (Lipinski definition) is 1. The number of aryl methyl sites for hydroxylation is 1. The Labute approximate surface area is 205 Å². The average Bonchev–Trinajstić information content (AvgIpc) is 3.53. The summed E-state index contributed by atoms with van der Waals surface area (Å²) in [5.41, 5.74) is 2.73. The zero-order chi connectivity index (χ0) is 24.5. The van der Waals surface area contributed by atoms with Crippen LogP contribution in [0.5, 0.6) is 0 Å². The van der Waals surface area contributed by atoms with Gasteiger partial charge in [-0.3, -0.25) is 24.1 Å². The summed E-state index contributed by atoms with van der Waals surface area (Å²) in [5, 5.41) is 12.1. The van der Waals surface area contributed by atoms with E-state index in [1.165, 1.54) is 16.2 Å². The van der Waals surface area contributed by atoms with Crippen molar-refractivity contribution in [3.8, 4) is 0 Å². The molecule has 9 nitrogen and oxygen atoms in total. The smallest absolute Gasteiger partial charge is 0.261 e. The third kappa shape index (κ3) is 4.44. The molecule has 1 atom stereocenters. The number of rotatable bonds is 7. The summed E-state index contributed by atoms with van der Waals surface area (Å²) < 4.78 is 0. The molecule has 2 aromatic carbocycles. The lowest BCUT2D eigenvalue weighted by atomic mass is 10.1. The molecular formula is C25H23N5O4S. The largest absolute Gasteiger partial charge is 0.311 e. The van der Waals surface area contributed by atoms with Gasteiger partial charge in [0.2, 0.25) is 16.9 Å². The zero-order valence-corrected chi connectivity index (χ0v) is 19.9. The predicted molar refractivity (Wildman–Crippen MR) is 130 cm³/mol. The topological polar surface area (TPSA) is 113 Å². The number of hydrogen-bond acceptors (Lipinski definition) is 7. The van der Waals surface area contributed by atoms with Gasteiger partial charge >= 0.3 is 0 Å². The molecule has 3 aromatic rings. The summed E-state index contributed by atoms with van der Waals surface area (Å²) in [6.07, 6.45) is 0.813. The van der Waals surface area contributed by atoms with E-state index in [0.717, 1.165) is 11.3 Å². The van der Waals surface area contributed by atoms with Crippen molar-refractivity contribution in [1.29, 1.82) is 0 Å². The van der Waals surface area contributed by atoms with E-state index in [-0.39, 0.29) is 42.5 Å². The number of amides is 4. The monoisotopic (exact) mass is 489 g/mol. The first-order valence-corrected chi connectivity index (χ1v) is 12.2. The molecule has 0 radical (unpaired) electrons. The fourth-order valence-electron chi connectivity index (χ4n) is 4.44. The van der Waals surface area contributed by atoms with Gasteiger partial charge in [0.05, 0.1) is 11.1 Å². The number of para-hydroxylation sites is 1. The van der Waals surface area contributed by atoms with Gasteiger partial charge in [0.1, 0.15) is 5.01 Å². The number of benzene rings is 2. The highest BCUT2D eigenvalue weighted by molar-refractivity contribution is 7.15. The fourth-order valence-corrected chi connectivity index (χ4v) is 5.29. The van der Waals surface area contributed by atoms with Crippen molar-refractivity contribution >= 4 is 45.8 Å². The van der Waals surface area contributed by atoms with Gasteiger partial charge < -0.3 is 10.2 Å². The molecule has 2 aliphatic heterocycles. The molecule has 1 saturated heterocycles. The van der Waals surface area contributed by atoms with E-state index in [4.69, 9.17) is 0 Å². The van der Waals surface area contributed by atoms with Crippen LogP contribution < -0.4 is 10.2 Å². The Morgan fingerprint density at radius 3 is 2.43 bits per heavy atom. The van der Waals surface area contributed by atoms with E-state index in [1.54, 1.807) is 29.2 Å². The molecular weight excluding hydrogens is 466 g/mol. The molecule has 178 valence electrons. The molecule has 1 N–H and O–H groups in total. The van der Waals surface area contributed by atoms with Crippen LogP contribution in [0.15, 0.2) is 48.5 Å². The van der Waals surface area contributed by atoms with Crippen LogP contribution in [-0.4, -0.2) is 51.8 Å². The number of aromatic nitrogens is 2. The second-order valence-electron chi connectivity index (χ2n) is 8.60. The van der Waals surface area contributed by atoms with Crippen molar-refractivity contribution in [2.75, 3.05) is 23.3 Å². The van der Waals surface area contributed by atoms with Gasteiger partial charge in [-0.1, -0.05) is 41.7 Å². The quantitative estimate of drug-likeness (QED) is 0.509. The van der Waals surface area contributed by atoms with Crippen molar-refractivity contribution < 1.29 is 19.2 Å². The number of imide groups is 1. The highest BCUT2D eigenvalue weighted by Gasteiger charge is 2.35. The van der Waals surface area contributed by atoms with Crippen LogP contribution in [0.4, 0.5) is 10.8 Å². The number of carbonyl (C=O) groups excluding carboxylic acids is 4. The molecule has 1 unspecified atom stereocenters. The maximum atomic E-state index is 12.6. The molecule has 1 fully saturated rings. The number of carbonyl (C=O) groups is 4. The molecule has 35 heavy (non-hydrogen) atoms. The minimum Gasteiger partial charge on any atom is -0.311 e. The lowest BCUT2D eigenvalue weighted by Gasteiger charge is -2.18. The Morgan fingerprint density at radius 2 is 1.71 bits per heavy atom. The first-order chi connectivity index (χ1) is 16.9. The van der Waals surface area contributed by atoms with Crippen LogP contribution in [0.3, 0.4) is 0 Å². The lowest BCUT2D eigenvalue weighted by molar-refractivity contribution is -0.117. The Kier molecular flexibility index (Phi) is 6.12. The highest BCUT2D eigenvalue weighted by atomic mass is 32.1. The number of nitrogens with zero attached hydrogens (tertiary/aromatic N) is 4. The van der Waals surface area contributed by atoms with Crippen molar-refractivity contribution in [2.24, 2.45) is 0 Å². The molecule has 2 aliphatic rings. The summed E-state index contributed by atoms with van der Waals surface area (Å²) in [6.45, 7) is 2.66. The average molecular weight is 490 g/mol. The first-order valence-electron chi connectivity index (χ1n) is 11.4. The Bertz CT molecular complexity index is 1300. The molecule has 1 aromatic heterocycles. The van der Waals surface area contributed by atoms with E-state index in [1.807, 2.05) is 31.2 Å². The lowest BCUT2D eigenvalue weighted by Crippen LogP contribution is -2.31. The number of fused-ring (bicyclic) bond motifs is 1. The number of anilines is 2. The Balaban J connectivity index is 1.13. The minimum absolute atomic E-state index is 0.0400. The maximum Gasteiger partial charge on any atom is 0.261 e. The van der Waals surface area contributed by atoms with E-state index < -0.39 is 0 Å². The molecule has 10 heteroatoms. The molecule has 0 aliphatic carbocycles. The van der Waals surface area contributed by atoms with Crippen LogP contribution in [-0.2, 0) is 9.59 Å². The zero-order valence-electron chi connectivity index (χ0n) is 19.1. The van der Waals surface area contributed by atoms with Gasteiger partial charge in [0.25, 0.3) is 11.8 Å². The summed E-state index contributed by atoms with van der Waals surface area (Å²) in [6, 6.07) is 14.5.